The molecule has 2 aromatic carbocycles. The van der Waals surface area contributed by atoms with Crippen LogP contribution in [-0.2, 0) is 0 Å². The van der Waals surface area contributed by atoms with E-state index in [0.29, 0.717) is 10.0 Å². The number of aromatic nitrogens is 2. The van der Waals surface area contributed by atoms with Crippen molar-refractivity contribution < 1.29 is 28.9 Å². The average molecular weight is 567 g/mol. The summed E-state index contributed by atoms with van der Waals surface area (Å²) in [6.07, 6.45) is 7.23. The number of rotatable bonds is 4. The Balaban J connectivity index is 0.000000431. The van der Waals surface area contributed by atoms with Gasteiger partial charge in [0.05, 0.1) is 11.7 Å². The van der Waals surface area contributed by atoms with Crippen molar-refractivity contribution in [3.63, 3.8) is 0 Å². The summed E-state index contributed by atoms with van der Waals surface area (Å²) >= 11 is 3.09. The number of anilines is 1. The highest BCUT2D eigenvalue weighted by Crippen LogP contribution is 2.24. The molecule has 1 unspecified atom stereocenters. The number of nitrogens with zero attached hydrogens (tertiary/aromatic N) is 2. The van der Waals surface area contributed by atoms with Gasteiger partial charge in [0.1, 0.15) is 23.1 Å². The first-order valence-electron chi connectivity index (χ1n) is 11.2. The van der Waals surface area contributed by atoms with E-state index in [1.54, 1.807) is 0 Å². The predicted octanol–water partition coefficient (Wildman–Crippen LogP) is 4.11. The summed E-state index contributed by atoms with van der Waals surface area (Å²) in [7, 11) is 1.00. The number of nitrogen functional groups attached to an aromatic ring is 1. The second-order valence-electron chi connectivity index (χ2n) is 7.86. The highest BCUT2D eigenvalue weighted by Gasteiger charge is 2.18. The van der Waals surface area contributed by atoms with Crippen LogP contribution in [0.2, 0.25) is 0 Å². The number of nitrogens with two attached hydrogens (primary N) is 1. The standard InChI is InChI=1S/C18H13BrF2N4O2.C6H12O.CH4O/c19-11-5-10(6-12(20)8-11)17(26)25-18(27)13-2-1-9(7-14(13)21)15-16(22)24-4-3-23-15;7-6-4-2-1-3-5-6;1-2/h1-8,17,26H,(H2,22,24)(H,25,27);6-7H,1-5H2;2H,1H3. The minimum absolute atomic E-state index is 0.0359. The first-order valence-corrected chi connectivity index (χ1v) is 12.0. The second-order valence-corrected chi connectivity index (χ2v) is 8.77. The molecule has 3 aromatic rings. The van der Waals surface area contributed by atoms with Gasteiger partial charge in [-0.1, -0.05) is 41.3 Å². The maximum atomic E-state index is 14.4. The Morgan fingerprint density at radius 1 is 1.08 bits per heavy atom. The van der Waals surface area contributed by atoms with E-state index in [1.165, 1.54) is 55.9 Å². The Morgan fingerprint density at radius 2 is 1.75 bits per heavy atom. The number of aliphatic hydroxyl groups excluding tert-OH is 3. The van der Waals surface area contributed by atoms with Crippen LogP contribution in [0.1, 0.15) is 54.3 Å². The van der Waals surface area contributed by atoms with Crippen molar-refractivity contribution in [3.05, 3.63) is 76.0 Å². The summed E-state index contributed by atoms with van der Waals surface area (Å²) in [4.78, 5) is 20.2. The number of hydrogen-bond acceptors (Lipinski definition) is 7. The highest BCUT2D eigenvalue weighted by molar-refractivity contribution is 9.10. The lowest BCUT2D eigenvalue weighted by Gasteiger charge is -2.14. The van der Waals surface area contributed by atoms with Crippen LogP contribution in [-0.4, -0.2) is 44.4 Å². The van der Waals surface area contributed by atoms with Gasteiger partial charge in [-0.05, 0) is 43.2 Å². The van der Waals surface area contributed by atoms with Crippen molar-refractivity contribution in [2.24, 2.45) is 0 Å². The summed E-state index contributed by atoms with van der Waals surface area (Å²) in [6.45, 7) is 0. The highest BCUT2D eigenvalue weighted by atomic mass is 79.9. The van der Waals surface area contributed by atoms with E-state index in [0.717, 1.165) is 32.1 Å². The third kappa shape index (κ3) is 8.59. The van der Waals surface area contributed by atoms with E-state index >= 15 is 0 Å². The fourth-order valence-corrected chi connectivity index (χ4v) is 4.00. The number of nitrogens with one attached hydrogen (secondary N) is 1. The second kappa shape index (κ2) is 14.5. The predicted molar refractivity (Wildman–Crippen MR) is 136 cm³/mol. The molecule has 8 nitrogen and oxygen atoms in total. The zero-order valence-electron chi connectivity index (χ0n) is 19.7. The van der Waals surface area contributed by atoms with Gasteiger partial charge in [0.25, 0.3) is 5.91 Å². The molecule has 0 bridgehead atoms. The largest absolute Gasteiger partial charge is 0.400 e. The van der Waals surface area contributed by atoms with Crippen LogP contribution < -0.4 is 11.1 Å². The molecule has 0 radical (unpaired) electrons. The number of carbonyl (C=O) groups excluding carboxylic acids is 1. The average Bonchev–Trinajstić information content (AvgIpc) is 2.85. The number of benzene rings is 2. The third-order valence-corrected chi connectivity index (χ3v) is 5.71. The van der Waals surface area contributed by atoms with Crippen LogP contribution in [0.5, 0.6) is 0 Å². The Bertz CT molecular complexity index is 1130. The molecule has 1 aliphatic rings. The Hall–Kier alpha value is -2.99. The molecule has 0 saturated heterocycles. The molecule has 1 amide bonds. The normalized spacial score (nSPS) is 14.0. The topological polar surface area (TPSA) is 142 Å². The van der Waals surface area contributed by atoms with Gasteiger partial charge in [0.15, 0.2) is 6.23 Å². The summed E-state index contributed by atoms with van der Waals surface area (Å²) < 4.78 is 28.2. The van der Waals surface area contributed by atoms with Crippen molar-refractivity contribution in [2.75, 3.05) is 12.8 Å². The summed E-state index contributed by atoms with van der Waals surface area (Å²) in [5.74, 6) is -2.16. The summed E-state index contributed by atoms with van der Waals surface area (Å²) in [5.41, 5.74) is 6.16. The summed E-state index contributed by atoms with van der Waals surface area (Å²) in [5, 5.41) is 28.2. The van der Waals surface area contributed by atoms with Crippen molar-refractivity contribution in [1.82, 2.24) is 15.3 Å². The Morgan fingerprint density at radius 3 is 2.31 bits per heavy atom. The first-order chi connectivity index (χ1) is 17.2. The van der Waals surface area contributed by atoms with Gasteiger partial charge < -0.3 is 26.4 Å². The molecular weight excluding hydrogens is 538 g/mol. The minimum Gasteiger partial charge on any atom is -0.400 e. The lowest BCUT2D eigenvalue weighted by atomic mass is 9.98. The molecule has 1 saturated carbocycles. The van der Waals surface area contributed by atoms with Crippen LogP contribution in [0.25, 0.3) is 11.3 Å². The van der Waals surface area contributed by atoms with Gasteiger partial charge in [-0.15, -0.1) is 0 Å². The molecule has 1 aliphatic carbocycles. The van der Waals surface area contributed by atoms with Crippen LogP contribution >= 0.6 is 15.9 Å². The molecular formula is C25H29BrF2N4O4. The monoisotopic (exact) mass is 566 g/mol. The van der Waals surface area contributed by atoms with Gasteiger partial charge in [-0.2, -0.15) is 0 Å². The van der Waals surface area contributed by atoms with Crippen LogP contribution in [0.3, 0.4) is 0 Å². The van der Waals surface area contributed by atoms with Gasteiger partial charge in [0.2, 0.25) is 0 Å². The molecule has 194 valence electrons. The maximum Gasteiger partial charge on any atom is 0.256 e. The Labute approximate surface area is 216 Å². The molecule has 1 fully saturated rings. The molecule has 36 heavy (non-hydrogen) atoms. The Kier molecular flexibility index (Phi) is 11.8. The molecule has 1 heterocycles. The quantitative estimate of drug-likeness (QED) is 0.299. The molecule has 0 spiro atoms. The first kappa shape index (κ1) is 29.2. The minimum atomic E-state index is -1.51. The van der Waals surface area contributed by atoms with Crippen LogP contribution in [0.15, 0.2) is 53.3 Å². The van der Waals surface area contributed by atoms with Crippen LogP contribution in [0, 0.1) is 11.6 Å². The van der Waals surface area contributed by atoms with E-state index in [4.69, 9.17) is 15.9 Å². The van der Waals surface area contributed by atoms with Gasteiger partial charge in [0, 0.05) is 35.1 Å². The van der Waals surface area contributed by atoms with E-state index in [1.807, 2.05) is 0 Å². The number of hydrogen-bond donors (Lipinski definition) is 5. The molecule has 1 aromatic heterocycles. The SMILES string of the molecule is CO.Nc1nccnc1-c1ccc(C(=O)NC(O)c2cc(F)cc(Br)c2)c(F)c1.OC1CCCCC1. The van der Waals surface area contributed by atoms with Gasteiger partial charge in [-0.3, -0.25) is 9.78 Å². The number of halogens is 3. The zero-order chi connectivity index (χ0) is 26.7. The van der Waals surface area contributed by atoms with Crippen molar-refractivity contribution in [1.29, 1.82) is 0 Å². The number of aliphatic hydroxyl groups is 3. The van der Waals surface area contributed by atoms with E-state index < -0.39 is 23.8 Å². The maximum absolute atomic E-state index is 14.4. The molecule has 1 atom stereocenters. The summed E-state index contributed by atoms with van der Waals surface area (Å²) in [6, 6.07) is 7.50. The van der Waals surface area contributed by atoms with E-state index in [9.17, 15) is 18.7 Å². The zero-order valence-corrected chi connectivity index (χ0v) is 21.3. The molecule has 6 N–H and O–H groups in total. The fraction of sp³-hybridized carbons (Fsp3) is 0.320. The third-order valence-electron chi connectivity index (χ3n) is 5.26. The van der Waals surface area contributed by atoms with Crippen molar-refractivity contribution >= 4 is 27.7 Å². The van der Waals surface area contributed by atoms with Gasteiger partial charge in [-0.25, -0.2) is 13.8 Å². The van der Waals surface area contributed by atoms with E-state index in [-0.39, 0.29) is 28.7 Å². The molecule has 11 heteroatoms. The smallest absolute Gasteiger partial charge is 0.256 e. The van der Waals surface area contributed by atoms with Crippen molar-refractivity contribution in [2.45, 2.75) is 44.4 Å². The van der Waals surface area contributed by atoms with Crippen LogP contribution in [0.4, 0.5) is 14.6 Å². The molecule has 0 aliphatic heterocycles. The molecule has 4 rings (SSSR count). The van der Waals surface area contributed by atoms with E-state index in [2.05, 4.69) is 31.2 Å². The lowest BCUT2D eigenvalue weighted by molar-refractivity contribution is 0.0778. The van der Waals surface area contributed by atoms with Gasteiger partial charge >= 0.3 is 0 Å². The lowest BCUT2D eigenvalue weighted by Crippen LogP contribution is -2.29. The van der Waals surface area contributed by atoms with Crippen molar-refractivity contribution in [3.8, 4) is 11.3 Å². The fourth-order valence-electron chi connectivity index (χ4n) is 3.52. The number of amides is 1. The number of carbonyl (C=O) groups is 1.